The summed E-state index contributed by atoms with van der Waals surface area (Å²) in [5.41, 5.74) is 3.82. The molecule has 0 aliphatic carbocycles. The highest BCUT2D eigenvalue weighted by atomic mass is 16.7. The lowest BCUT2D eigenvalue weighted by atomic mass is 9.95. The van der Waals surface area contributed by atoms with Crippen LogP contribution in [0.5, 0.6) is 11.5 Å². The average Bonchev–Trinajstić information content (AvgIpc) is 2.76. The molecule has 1 aliphatic heterocycles. The molecule has 1 fully saturated rings. The van der Waals surface area contributed by atoms with Crippen molar-refractivity contribution in [3.8, 4) is 11.5 Å². The second-order valence-corrected chi connectivity index (χ2v) is 6.79. The second-order valence-electron chi connectivity index (χ2n) is 6.79. The van der Waals surface area contributed by atoms with Crippen LogP contribution in [-0.2, 0) is 9.47 Å². The highest BCUT2D eigenvalue weighted by Gasteiger charge is 2.40. The van der Waals surface area contributed by atoms with Crippen LogP contribution < -0.4 is 9.47 Å². The maximum atomic E-state index is 6.00. The van der Waals surface area contributed by atoms with E-state index in [0.29, 0.717) is 6.61 Å². The zero-order chi connectivity index (χ0) is 17.4. The first-order valence-corrected chi connectivity index (χ1v) is 7.89. The predicted molar refractivity (Wildman–Crippen MR) is 92.3 cm³/mol. The zero-order valence-electron chi connectivity index (χ0n) is 15.5. The zero-order valence-corrected chi connectivity index (χ0v) is 15.5. The molecular weight excluding hydrogens is 292 g/mol. The highest BCUT2D eigenvalue weighted by molar-refractivity contribution is 5.69. The molecule has 1 aromatic rings. The van der Waals surface area contributed by atoms with Crippen molar-refractivity contribution in [2.75, 3.05) is 20.8 Å². The maximum Gasteiger partial charge on any atom is 0.164 e. The van der Waals surface area contributed by atoms with E-state index in [9.17, 15) is 0 Å². The fraction of sp³-hybridized carbons (Fsp3) is 0.579. The molecule has 4 nitrogen and oxygen atoms in total. The summed E-state index contributed by atoms with van der Waals surface area (Å²) < 4.78 is 22.9. The molecular formula is C19H28O4. The van der Waals surface area contributed by atoms with E-state index in [2.05, 4.69) is 6.92 Å². The van der Waals surface area contributed by atoms with Crippen LogP contribution in [0.3, 0.4) is 0 Å². The molecule has 1 heterocycles. The Balaban J connectivity index is 2.47. The topological polar surface area (TPSA) is 36.9 Å². The highest BCUT2D eigenvalue weighted by Crippen LogP contribution is 2.39. The molecule has 23 heavy (non-hydrogen) atoms. The van der Waals surface area contributed by atoms with Crippen molar-refractivity contribution in [1.29, 1.82) is 0 Å². The monoisotopic (exact) mass is 320 g/mol. The van der Waals surface area contributed by atoms with E-state index in [-0.39, 0.29) is 0 Å². The summed E-state index contributed by atoms with van der Waals surface area (Å²) in [6.07, 6.45) is 4.09. The van der Waals surface area contributed by atoms with E-state index in [1.807, 2.05) is 46.8 Å². The summed E-state index contributed by atoms with van der Waals surface area (Å²) in [5.74, 6) is 1.22. The minimum atomic E-state index is -0.556. The van der Waals surface area contributed by atoms with Crippen LogP contribution in [0.4, 0.5) is 0 Å². The molecule has 1 atom stereocenters. The van der Waals surface area contributed by atoms with Crippen LogP contribution in [0.15, 0.2) is 6.08 Å². The van der Waals surface area contributed by atoms with E-state index in [4.69, 9.17) is 18.9 Å². The van der Waals surface area contributed by atoms with Crippen LogP contribution >= 0.6 is 0 Å². The van der Waals surface area contributed by atoms with Gasteiger partial charge in [0.25, 0.3) is 0 Å². The van der Waals surface area contributed by atoms with Crippen LogP contribution in [0.25, 0.3) is 6.08 Å². The van der Waals surface area contributed by atoms with Gasteiger partial charge >= 0.3 is 0 Å². The second kappa shape index (κ2) is 6.17. The van der Waals surface area contributed by atoms with Gasteiger partial charge in [0.1, 0.15) is 17.1 Å². The molecule has 0 bridgehead atoms. The van der Waals surface area contributed by atoms with Crippen molar-refractivity contribution in [1.82, 2.24) is 0 Å². The van der Waals surface area contributed by atoms with E-state index >= 15 is 0 Å². The van der Waals surface area contributed by atoms with Crippen LogP contribution in [0, 0.1) is 20.8 Å². The van der Waals surface area contributed by atoms with Gasteiger partial charge in [0.2, 0.25) is 0 Å². The molecule has 1 saturated heterocycles. The van der Waals surface area contributed by atoms with Crippen molar-refractivity contribution in [3.05, 3.63) is 28.3 Å². The third-order valence-electron chi connectivity index (χ3n) is 4.43. The Bertz CT molecular complexity index is 631. The Kier molecular flexibility index (Phi) is 4.79. The van der Waals surface area contributed by atoms with Gasteiger partial charge in [-0.1, -0.05) is 6.08 Å². The molecule has 128 valence electrons. The lowest BCUT2D eigenvalue weighted by Gasteiger charge is -2.23. The average molecular weight is 320 g/mol. The van der Waals surface area contributed by atoms with Crippen LogP contribution in [0.2, 0.25) is 0 Å². The number of ether oxygens (including phenoxy) is 4. The Hall–Kier alpha value is -1.52. The summed E-state index contributed by atoms with van der Waals surface area (Å²) in [4.78, 5) is 0. The molecule has 2 rings (SSSR count). The van der Waals surface area contributed by atoms with Crippen molar-refractivity contribution in [2.45, 2.75) is 52.9 Å². The first-order chi connectivity index (χ1) is 10.6. The van der Waals surface area contributed by atoms with Gasteiger partial charge in [0.15, 0.2) is 5.79 Å². The van der Waals surface area contributed by atoms with Gasteiger partial charge in [-0.25, -0.2) is 0 Å². The van der Waals surface area contributed by atoms with Gasteiger partial charge in [-0.05, 0) is 58.7 Å². The van der Waals surface area contributed by atoms with Crippen molar-refractivity contribution in [2.24, 2.45) is 0 Å². The Morgan fingerprint density at radius 3 is 1.96 bits per heavy atom. The molecule has 1 aromatic carbocycles. The third kappa shape index (κ3) is 3.38. The molecule has 0 amide bonds. The summed E-state index contributed by atoms with van der Waals surface area (Å²) in [7, 11) is 3.40. The van der Waals surface area contributed by atoms with E-state index in [1.165, 1.54) is 0 Å². The van der Waals surface area contributed by atoms with Crippen molar-refractivity contribution in [3.63, 3.8) is 0 Å². The van der Waals surface area contributed by atoms with Gasteiger partial charge < -0.3 is 18.9 Å². The molecule has 0 saturated carbocycles. The smallest absolute Gasteiger partial charge is 0.164 e. The van der Waals surface area contributed by atoms with Crippen molar-refractivity contribution < 1.29 is 18.9 Å². The minimum absolute atomic E-state index is 0.451. The first kappa shape index (κ1) is 17.8. The minimum Gasteiger partial charge on any atom is -0.496 e. The molecule has 4 heteroatoms. The predicted octanol–water partition coefficient (Wildman–Crippen LogP) is 4.18. The lowest BCUT2D eigenvalue weighted by Crippen LogP contribution is -2.28. The van der Waals surface area contributed by atoms with E-state index in [1.54, 1.807) is 14.2 Å². The Morgan fingerprint density at radius 1 is 0.913 bits per heavy atom. The SMILES string of the molecule is COc1c(C)c(C)c(OC)c(C=CC2(C)COC(C)(C)O2)c1C. The molecule has 1 unspecified atom stereocenters. The normalized spacial score (nSPS) is 23.5. The van der Waals surface area contributed by atoms with Gasteiger partial charge in [0, 0.05) is 11.1 Å². The number of rotatable bonds is 4. The fourth-order valence-corrected chi connectivity index (χ4v) is 3.17. The molecule has 1 aliphatic rings. The summed E-state index contributed by atoms with van der Waals surface area (Å²) in [6.45, 7) is 12.6. The lowest BCUT2D eigenvalue weighted by molar-refractivity contribution is -0.148. The number of hydrogen-bond acceptors (Lipinski definition) is 4. The number of benzene rings is 1. The summed E-state index contributed by atoms with van der Waals surface area (Å²) in [6, 6.07) is 0. The standard InChI is InChI=1S/C19H28O4/c1-12-13(2)17(21-8)15(14(3)16(12)20-7)9-10-19(6)11-22-18(4,5)23-19/h9-10H,11H2,1-8H3. The summed E-state index contributed by atoms with van der Waals surface area (Å²) >= 11 is 0. The van der Waals surface area contributed by atoms with Gasteiger partial charge in [0.05, 0.1) is 20.8 Å². The van der Waals surface area contributed by atoms with E-state index < -0.39 is 11.4 Å². The van der Waals surface area contributed by atoms with E-state index in [0.717, 1.165) is 33.8 Å². The Morgan fingerprint density at radius 2 is 1.48 bits per heavy atom. The number of methoxy groups -OCH3 is 2. The Labute approximate surface area is 139 Å². The quantitative estimate of drug-likeness (QED) is 0.834. The van der Waals surface area contributed by atoms with Crippen LogP contribution in [0.1, 0.15) is 43.0 Å². The third-order valence-corrected chi connectivity index (χ3v) is 4.43. The number of hydrogen-bond donors (Lipinski definition) is 0. The maximum absolute atomic E-state index is 6.00. The molecule has 0 aromatic heterocycles. The van der Waals surface area contributed by atoms with Gasteiger partial charge in [-0.3, -0.25) is 0 Å². The fourth-order valence-electron chi connectivity index (χ4n) is 3.17. The van der Waals surface area contributed by atoms with Gasteiger partial charge in [-0.2, -0.15) is 0 Å². The summed E-state index contributed by atoms with van der Waals surface area (Å²) in [5, 5.41) is 0. The molecule has 0 radical (unpaired) electrons. The van der Waals surface area contributed by atoms with Crippen LogP contribution in [-0.4, -0.2) is 32.2 Å². The first-order valence-electron chi connectivity index (χ1n) is 7.89. The van der Waals surface area contributed by atoms with Crippen molar-refractivity contribution >= 4 is 6.08 Å². The largest absolute Gasteiger partial charge is 0.496 e. The molecule has 0 N–H and O–H groups in total. The van der Waals surface area contributed by atoms with Gasteiger partial charge in [-0.15, -0.1) is 0 Å². The molecule has 0 spiro atoms.